The second-order valence-corrected chi connectivity index (χ2v) is 4.33. The lowest BCUT2D eigenvalue weighted by atomic mass is 9.85. The van der Waals surface area contributed by atoms with Gasteiger partial charge in [-0.1, -0.05) is 6.42 Å². The van der Waals surface area contributed by atoms with Crippen LogP contribution in [0.5, 0.6) is 0 Å². The summed E-state index contributed by atoms with van der Waals surface area (Å²) in [7, 11) is 1.34. The number of hydrogen-bond donors (Lipinski definition) is 2. The molecule has 1 aromatic rings. The quantitative estimate of drug-likeness (QED) is 0.776. The molecule has 0 bridgehead atoms. The number of rotatable bonds is 4. The van der Waals surface area contributed by atoms with E-state index in [0.717, 1.165) is 12.5 Å². The fourth-order valence-corrected chi connectivity index (χ4v) is 1.80. The van der Waals surface area contributed by atoms with E-state index in [0.29, 0.717) is 17.1 Å². The van der Waals surface area contributed by atoms with Gasteiger partial charge in [0.05, 0.1) is 24.6 Å². The average Bonchev–Trinajstić information content (AvgIpc) is 2.28. The number of nitrogens with zero attached hydrogens (tertiary/aromatic N) is 1. The molecule has 1 aromatic heterocycles. The largest absolute Gasteiger partial charge is 0.465 e. The Labute approximate surface area is 100 Å². The van der Waals surface area contributed by atoms with Gasteiger partial charge in [-0.2, -0.15) is 0 Å². The highest BCUT2D eigenvalue weighted by Gasteiger charge is 2.17. The summed E-state index contributed by atoms with van der Waals surface area (Å²) in [5.74, 6) is 0.971. The van der Waals surface area contributed by atoms with E-state index in [9.17, 15) is 4.79 Å². The van der Waals surface area contributed by atoms with E-state index in [1.807, 2.05) is 0 Å². The van der Waals surface area contributed by atoms with Crippen LogP contribution in [0.1, 0.15) is 29.6 Å². The number of aromatic nitrogens is 1. The number of nitrogens with two attached hydrogens (primary N) is 1. The van der Waals surface area contributed by atoms with Crippen LogP contribution in [-0.4, -0.2) is 24.6 Å². The van der Waals surface area contributed by atoms with Crippen molar-refractivity contribution >= 4 is 17.5 Å². The maximum atomic E-state index is 11.4. The van der Waals surface area contributed by atoms with Gasteiger partial charge in [0.2, 0.25) is 0 Å². The lowest BCUT2D eigenvalue weighted by Gasteiger charge is -2.25. The van der Waals surface area contributed by atoms with Crippen LogP contribution >= 0.6 is 0 Å². The molecule has 0 amide bonds. The molecule has 0 saturated heterocycles. The fraction of sp³-hybridized carbons (Fsp3) is 0.500. The zero-order valence-corrected chi connectivity index (χ0v) is 9.90. The van der Waals surface area contributed by atoms with Gasteiger partial charge in [0.15, 0.2) is 0 Å². The van der Waals surface area contributed by atoms with Gasteiger partial charge < -0.3 is 15.8 Å². The topological polar surface area (TPSA) is 77.2 Å². The van der Waals surface area contributed by atoms with Crippen LogP contribution in [-0.2, 0) is 4.74 Å². The minimum absolute atomic E-state index is 0.339. The normalized spacial score (nSPS) is 15.1. The Morgan fingerprint density at radius 1 is 1.65 bits per heavy atom. The zero-order chi connectivity index (χ0) is 12.3. The molecule has 1 aliphatic rings. The van der Waals surface area contributed by atoms with Crippen molar-refractivity contribution in [2.24, 2.45) is 5.92 Å². The molecular formula is C12H17N3O2. The summed E-state index contributed by atoms with van der Waals surface area (Å²) >= 11 is 0. The maximum absolute atomic E-state index is 11.4. The molecule has 0 unspecified atom stereocenters. The fourth-order valence-electron chi connectivity index (χ4n) is 1.80. The lowest BCUT2D eigenvalue weighted by molar-refractivity contribution is 0.0602. The van der Waals surface area contributed by atoms with E-state index < -0.39 is 5.97 Å². The van der Waals surface area contributed by atoms with Gasteiger partial charge in [-0.25, -0.2) is 9.78 Å². The van der Waals surface area contributed by atoms with Gasteiger partial charge in [-0.05, 0) is 24.8 Å². The molecule has 0 spiro atoms. The predicted octanol–water partition coefficient (Wildman–Crippen LogP) is 1.66. The number of esters is 1. The second-order valence-electron chi connectivity index (χ2n) is 4.33. The van der Waals surface area contributed by atoms with Crippen LogP contribution in [0.4, 0.5) is 11.5 Å². The lowest BCUT2D eigenvalue weighted by Crippen LogP contribution is -2.21. The number of hydrogen-bond acceptors (Lipinski definition) is 5. The first-order chi connectivity index (χ1) is 8.20. The second kappa shape index (κ2) is 5.03. The summed E-state index contributed by atoms with van der Waals surface area (Å²) in [5.41, 5.74) is 6.37. The summed E-state index contributed by atoms with van der Waals surface area (Å²) in [6, 6.07) is 1.64. The molecule has 1 saturated carbocycles. The van der Waals surface area contributed by atoms with Gasteiger partial charge in [-0.3, -0.25) is 0 Å². The third-order valence-electron chi connectivity index (χ3n) is 3.14. The van der Waals surface area contributed by atoms with Crippen molar-refractivity contribution in [2.45, 2.75) is 19.3 Å². The number of carbonyl (C=O) groups excluding carboxylic acids is 1. The summed E-state index contributed by atoms with van der Waals surface area (Å²) in [4.78, 5) is 15.6. The van der Waals surface area contributed by atoms with Crippen LogP contribution in [0.2, 0.25) is 0 Å². The predicted molar refractivity (Wildman–Crippen MR) is 65.8 cm³/mol. The molecule has 3 N–H and O–H groups in total. The van der Waals surface area contributed by atoms with Crippen molar-refractivity contribution in [3.63, 3.8) is 0 Å². The highest BCUT2D eigenvalue weighted by Crippen LogP contribution is 2.26. The van der Waals surface area contributed by atoms with E-state index in [-0.39, 0.29) is 0 Å². The Balaban J connectivity index is 2.04. The van der Waals surface area contributed by atoms with Crippen LogP contribution < -0.4 is 11.1 Å². The molecule has 5 heteroatoms. The summed E-state index contributed by atoms with van der Waals surface area (Å²) in [6.07, 6.45) is 5.34. The number of anilines is 2. The minimum Gasteiger partial charge on any atom is -0.465 e. The molecule has 92 valence electrons. The molecule has 0 aliphatic heterocycles. The highest BCUT2D eigenvalue weighted by molar-refractivity contribution is 5.95. The van der Waals surface area contributed by atoms with Crippen LogP contribution in [0, 0.1) is 5.92 Å². The van der Waals surface area contributed by atoms with E-state index in [4.69, 9.17) is 5.73 Å². The van der Waals surface area contributed by atoms with E-state index in [2.05, 4.69) is 15.0 Å². The Bertz CT molecular complexity index is 416. The molecule has 5 nitrogen and oxygen atoms in total. The maximum Gasteiger partial charge on any atom is 0.340 e. The van der Waals surface area contributed by atoms with E-state index in [1.165, 1.54) is 32.6 Å². The standard InChI is InChI=1S/C12H17N3O2/c1-17-12(16)9-5-11(15-7-10(9)13)14-6-8-3-2-4-8/h5,7-8H,2-4,6,13H2,1H3,(H,14,15). The first-order valence-corrected chi connectivity index (χ1v) is 5.78. The van der Waals surface area contributed by atoms with Crippen LogP contribution in [0.15, 0.2) is 12.3 Å². The minimum atomic E-state index is -0.434. The molecule has 2 rings (SSSR count). The first-order valence-electron chi connectivity index (χ1n) is 5.78. The van der Waals surface area contributed by atoms with Crippen molar-refractivity contribution in [2.75, 3.05) is 24.7 Å². The third-order valence-corrected chi connectivity index (χ3v) is 3.14. The number of carbonyl (C=O) groups is 1. The number of nitrogens with one attached hydrogen (secondary N) is 1. The molecule has 1 heterocycles. The number of ether oxygens (including phenoxy) is 1. The smallest absolute Gasteiger partial charge is 0.340 e. The number of methoxy groups -OCH3 is 1. The molecule has 0 aromatic carbocycles. The van der Waals surface area contributed by atoms with Gasteiger partial charge in [0.1, 0.15) is 5.82 Å². The molecule has 0 atom stereocenters. The zero-order valence-electron chi connectivity index (χ0n) is 9.90. The van der Waals surface area contributed by atoms with Crippen molar-refractivity contribution in [1.82, 2.24) is 4.98 Å². The summed E-state index contributed by atoms with van der Waals surface area (Å²) in [5, 5.41) is 3.22. The monoisotopic (exact) mass is 235 g/mol. The highest BCUT2D eigenvalue weighted by atomic mass is 16.5. The van der Waals surface area contributed by atoms with Gasteiger partial charge in [0.25, 0.3) is 0 Å². The van der Waals surface area contributed by atoms with Gasteiger partial charge >= 0.3 is 5.97 Å². The van der Waals surface area contributed by atoms with Crippen molar-refractivity contribution in [3.05, 3.63) is 17.8 Å². The third kappa shape index (κ3) is 2.67. The SMILES string of the molecule is COC(=O)c1cc(NCC2CCC2)ncc1N. The van der Waals surface area contributed by atoms with Crippen LogP contribution in [0.25, 0.3) is 0 Å². The molecule has 1 aliphatic carbocycles. The molecule has 17 heavy (non-hydrogen) atoms. The van der Waals surface area contributed by atoms with Crippen LogP contribution in [0.3, 0.4) is 0 Å². The Hall–Kier alpha value is -1.78. The molecular weight excluding hydrogens is 218 g/mol. The van der Waals surface area contributed by atoms with Crippen molar-refractivity contribution in [3.8, 4) is 0 Å². The molecule has 1 fully saturated rings. The Morgan fingerprint density at radius 3 is 3.00 bits per heavy atom. The van der Waals surface area contributed by atoms with Crippen molar-refractivity contribution in [1.29, 1.82) is 0 Å². The summed E-state index contributed by atoms with van der Waals surface area (Å²) in [6.45, 7) is 0.900. The Morgan fingerprint density at radius 2 is 2.41 bits per heavy atom. The van der Waals surface area contributed by atoms with E-state index >= 15 is 0 Å². The average molecular weight is 235 g/mol. The summed E-state index contributed by atoms with van der Waals surface area (Å²) < 4.78 is 4.66. The first kappa shape index (κ1) is 11.7. The number of nitrogen functional groups attached to an aromatic ring is 1. The Kier molecular flexibility index (Phi) is 3.46. The van der Waals surface area contributed by atoms with E-state index in [1.54, 1.807) is 6.07 Å². The number of pyridine rings is 1. The van der Waals surface area contributed by atoms with Gasteiger partial charge in [-0.15, -0.1) is 0 Å². The van der Waals surface area contributed by atoms with Gasteiger partial charge in [0, 0.05) is 6.54 Å². The van der Waals surface area contributed by atoms with Crippen molar-refractivity contribution < 1.29 is 9.53 Å². The molecule has 0 radical (unpaired) electrons.